The minimum absolute atomic E-state index is 0.0288. The summed E-state index contributed by atoms with van der Waals surface area (Å²) >= 11 is 0. The van der Waals surface area contributed by atoms with E-state index >= 15 is 0 Å². The summed E-state index contributed by atoms with van der Waals surface area (Å²) in [5.41, 5.74) is 1.08. The van der Waals surface area contributed by atoms with E-state index in [0.717, 1.165) is 12.8 Å². The first-order chi connectivity index (χ1) is 8.37. The summed E-state index contributed by atoms with van der Waals surface area (Å²) in [5.74, 6) is -1.04. The fraction of sp³-hybridized carbons (Fsp3) is 0.364. The van der Waals surface area contributed by atoms with Crippen molar-refractivity contribution in [2.45, 2.75) is 25.8 Å². The number of nitrogens with one attached hydrogen (secondary N) is 2. The molecule has 0 saturated heterocycles. The molecule has 3 N–H and O–H groups in total. The van der Waals surface area contributed by atoms with Crippen LogP contribution in [0, 0.1) is 6.92 Å². The van der Waals surface area contributed by atoms with Gasteiger partial charge in [-0.1, -0.05) is 0 Å². The van der Waals surface area contributed by atoms with Crippen molar-refractivity contribution in [3.8, 4) is 0 Å². The van der Waals surface area contributed by atoms with E-state index in [1.54, 1.807) is 6.92 Å². The second-order valence-corrected chi connectivity index (χ2v) is 5.78. The summed E-state index contributed by atoms with van der Waals surface area (Å²) in [6.45, 7) is 1.65. The van der Waals surface area contributed by atoms with Gasteiger partial charge >= 0.3 is 5.97 Å². The van der Waals surface area contributed by atoms with E-state index in [0.29, 0.717) is 11.3 Å². The number of benzene rings is 1. The molecule has 1 saturated carbocycles. The molecule has 0 aliphatic heterocycles. The molecule has 0 aromatic heterocycles. The minimum Gasteiger partial charge on any atom is -0.478 e. The molecule has 0 atom stereocenters. The average Bonchev–Trinajstić information content (AvgIpc) is 3.03. The zero-order valence-corrected chi connectivity index (χ0v) is 10.6. The van der Waals surface area contributed by atoms with Gasteiger partial charge in [-0.25, -0.2) is 4.79 Å². The van der Waals surface area contributed by atoms with Crippen molar-refractivity contribution < 1.29 is 18.3 Å². The maximum absolute atomic E-state index is 11.7. The molecule has 1 aromatic rings. The van der Waals surface area contributed by atoms with Crippen LogP contribution in [0.25, 0.3) is 0 Å². The van der Waals surface area contributed by atoms with Crippen molar-refractivity contribution in [1.29, 1.82) is 0 Å². The van der Waals surface area contributed by atoms with Crippen LogP contribution in [-0.4, -0.2) is 25.5 Å². The zero-order chi connectivity index (χ0) is 13.3. The summed E-state index contributed by atoms with van der Waals surface area (Å²) in [6, 6.07) is 4.27. The van der Waals surface area contributed by atoms with Crippen molar-refractivity contribution in [3.05, 3.63) is 29.3 Å². The number of carboxylic acid groups (broad SMARTS) is 1. The molecule has 1 aliphatic rings. The number of aromatic carboxylic acids is 1. The Morgan fingerprint density at radius 1 is 1.39 bits per heavy atom. The largest absolute Gasteiger partial charge is 0.478 e. The summed E-state index contributed by atoms with van der Waals surface area (Å²) in [7, 11) is -3.57. The molecule has 0 heterocycles. The van der Waals surface area contributed by atoms with Crippen molar-refractivity contribution in [3.63, 3.8) is 0 Å². The average molecular weight is 270 g/mol. The van der Waals surface area contributed by atoms with Gasteiger partial charge in [-0.15, -0.1) is 0 Å². The SMILES string of the molecule is Cc1cc(C(=O)O)ccc1NS(=O)(=O)NC1CC1. The molecule has 0 unspecified atom stereocenters. The van der Waals surface area contributed by atoms with Crippen molar-refractivity contribution in [2.24, 2.45) is 0 Å². The van der Waals surface area contributed by atoms with Crippen LogP contribution in [0.5, 0.6) is 0 Å². The van der Waals surface area contributed by atoms with Crippen LogP contribution in [0.4, 0.5) is 5.69 Å². The number of carboxylic acids is 1. The molecule has 18 heavy (non-hydrogen) atoms. The molecule has 98 valence electrons. The van der Waals surface area contributed by atoms with Crippen LogP contribution in [-0.2, 0) is 10.2 Å². The van der Waals surface area contributed by atoms with E-state index < -0.39 is 16.2 Å². The third-order valence-electron chi connectivity index (χ3n) is 2.62. The zero-order valence-electron chi connectivity index (χ0n) is 9.80. The lowest BCUT2D eigenvalue weighted by Crippen LogP contribution is -2.32. The number of hydrogen-bond acceptors (Lipinski definition) is 3. The Morgan fingerprint density at radius 2 is 2.06 bits per heavy atom. The normalized spacial score (nSPS) is 15.4. The highest BCUT2D eigenvalue weighted by Crippen LogP contribution is 2.22. The summed E-state index contributed by atoms with van der Waals surface area (Å²) in [6.07, 6.45) is 1.72. The molecule has 0 spiro atoms. The fourth-order valence-corrected chi connectivity index (χ4v) is 2.76. The Labute approximate surface area is 105 Å². The molecule has 1 aliphatic carbocycles. The molecule has 6 nitrogen and oxygen atoms in total. The predicted octanol–water partition coefficient (Wildman–Crippen LogP) is 1.10. The van der Waals surface area contributed by atoms with E-state index in [1.165, 1.54) is 18.2 Å². The molecule has 1 fully saturated rings. The van der Waals surface area contributed by atoms with Crippen LogP contribution >= 0.6 is 0 Å². The van der Waals surface area contributed by atoms with E-state index in [1.807, 2.05) is 0 Å². The second kappa shape index (κ2) is 4.58. The van der Waals surface area contributed by atoms with Gasteiger partial charge in [0.1, 0.15) is 0 Å². The van der Waals surface area contributed by atoms with Crippen molar-refractivity contribution in [1.82, 2.24) is 4.72 Å². The van der Waals surface area contributed by atoms with Gasteiger partial charge in [0.25, 0.3) is 10.2 Å². The van der Waals surface area contributed by atoms with Crippen LogP contribution in [0.3, 0.4) is 0 Å². The van der Waals surface area contributed by atoms with E-state index in [9.17, 15) is 13.2 Å². The minimum atomic E-state index is -3.57. The third-order valence-corrected chi connectivity index (χ3v) is 3.75. The van der Waals surface area contributed by atoms with Gasteiger partial charge in [0, 0.05) is 6.04 Å². The van der Waals surface area contributed by atoms with Crippen LogP contribution in [0.15, 0.2) is 18.2 Å². The van der Waals surface area contributed by atoms with Gasteiger partial charge in [0.15, 0.2) is 0 Å². The standard InChI is InChI=1S/C11H14N2O4S/c1-7-6-8(11(14)15)2-5-10(7)13-18(16,17)12-9-3-4-9/h2,5-6,9,12-13H,3-4H2,1H3,(H,14,15). The molecule has 2 rings (SSSR count). The predicted molar refractivity (Wildman–Crippen MR) is 66.8 cm³/mol. The lowest BCUT2D eigenvalue weighted by molar-refractivity contribution is 0.0697. The van der Waals surface area contributed by atoms with Crippen molar-refractivity contribution >= 4 is 21.9 Å². The van der Waals surface area contributed by atoms with Gasteiger partial charge in [0.2, 0.25) is 0 Å². The van der Waals surface area contributed by atoms with Gasteiger partial charge in [-0.3, -0.25) is 4.72 Å². The summed E-state index contributed by atoms with van der Waals surface area (Å²) < 4.78 is 28.2. The Kier molecular flexibility index (Phi) is 3.27. The number of anilines is 1. The number of hydrogen-bond donors (Lipinski definition) is 3. The van der Waals surface area contributed by atoms with Gasteiger partial charge in [0.05, 0.1) is 11.3 Å². The Bertz CT molecular complexity index is 579. The smallest absolute Gasteiger partial charge is 0.335 e. The molecule has 1 aromatic carbocycles. The molecular weight excluding hydrogens is 256 g/mol. The maximum Gasteiger partial charge on any atom is 0.335 e. The second-order valence-electron chi connectivity index (χ2n) is 4.33. The van der Waals surface area contributed by atoms with E-state index in [4.69, 9.17) is 5.11 Å². The monoisotopic (exact) mass is 270 g/mol. The third kappa shape index (κ3) is 3.21. The molecule has 7 heteroatoms. The van der Waals surface area contributed by atoms with Crippen molar-refractivity contribution in [2.75, 3.05) is 4.72 Å². The topological polar surface area (TPSA) is 95.5 Å². The van der Waals surface area contributed by atoms with E-state index in [2.05, 4.69) is 9.44 Å². The highest BCUT2D eigenvalue weighted by Gasteiger charge is 2.27. The maximum atomic E-state index is 11.7. The number of carbonyl (C=O) groups is 1. The highest BCUT2D eigenvalue weighted by atomic mass is 32.2. The summed E-state index contributed by atoms with van der Waals surface area (Å²) in [5, 5.41) is 8.81. The van der Waals surface area contributed by atoms with E-state index in [-0.39, 0.29) is 11.6 Å². The first-order valence-corrected chi connectivity index (χ1v) is 7.00. The highest BCUT2D eigenvalue weighted by molar-refractivity contribution is 7.90. The lowest BCUT2D eigenvalue weighted by atomic mass is 10.1. The van der Waals surface area contributed by atoms with Gasteiger partial charge < -0.3 is 5.11 Å². The first-order valence-electron chi connectivity index (χ1n) is 5.51. The molecule has 0 radical (unpaired) electrons. The van der Waals surface area contributed by atoms with Gasteiger partial charge in [-0.05, 0) is 43.5 Å². The van der Waals surface area contributed by atoms with Crippen LogP contribution in [0.2, 0.25) is 0 Å². The Hall–Kier alpha value is -1.60. The number of rotatable bonds is 5. The van der Waals surface area contributed by atoms with Crippen LogP contribution < -0.4 is 9.44 Å². The quantitative estimate of drug-likeness (QED) is 0.746. The number of aryl methyl sites for hydroxylation is 1. The molecular formula is C11H14N2O4S. The van der Waals surface area contributed by atoms with Crippen LogP contribution in [0.1, 0.15) is 28.8 Å². The Morgan fingerprint density at radius 3 is 2.56 bits per heavy atom. The Balaban J connectivity index is 2.16. The molecule has 0 bridgehead atoms. The molecule has 0 amide bonds. The fourth-order valence-electron chi connectivity index (χ4n) is 1.51. The lowest BCUT2D eigenvalue weighted by Gasteiger charge is -2.11. The first kappa shape index (κ1) is 12.8. The van der Waals surface area contributed by atoms with Gasteiger partial charge in [-0.2, -0.15) is 13.1 Å². The summed E-state index contributed by atoms with van der Waals surface area (Å²) in [4.78, 5) is 10.8.